The molecule has 3 heterocycles. The number of aromatic nitrogens is 1. The minimum Gasteiger partial charge on any atom is -0.503 e. The van der Waals surface area contributed by atoms with Crippen LogP contribution in [-0.4, -0.2) is 54.6 Å². The molecule has 2 aromatic carbocycles. The van der Waals surface area contributed by atoms with E-state index in [1.54, 1.807) is 49.9 Å². The molecular formula is C28H26N2O6S. The molecule has 4 aromatic rings. The third-order valence-electron chi connectivity index (χ3n) is 6.62. The molecule has 0 unspecified atom stereocenters. The van der Waals surface area contributed by atoms with Crippen LogP contribution >= 0.6 is 11.3 Å². The molecule has 190 valence electrons. The van der Waals surface area contributed by atoms with Crippen molar-refractivity contribution >= 4 is 33.9 Å². The smallest absolute Gasteiger partial charge is 0.290 e. The summed E-state index contributed by atoms with van der Waals surface area (Å²) >= 11 is 1.26. The Kier molecular flexibility index (Phi) is 6.62. The van der Waals surface area contributed by atoms with Gasteiger partial charge in [-0.25, -0.2) is 0 Å². The molecule has 37 heavy (non-hydrogen) atoms. The van der Waals surface area contributed by atoms with Crippen molar-refractivity contribution in [3.63, 3.8) is 0 Å². The highest BCUT2D eigenvalue weighted by Crippen LogP contribution is 2.44. The third-order valence-corrected chi connectivity index (χ3v) is 7.49. The Morgan fingerprint density at radius 2 is 1.81 bits per heavy atom. The van der Waals surface area contributed by atoms with Crippen molar-refractivity contribution in [2.24, 2.45) is 0 Å². The number of nitrogens with one attached hydrogen (secondary N) is 1. The number of aromatic amines is 1. The van der Waals surface area contributed by atoms with Gasteiger partial charge in [-0.1, -0.05) is 6.07 Å². The lowest BCUT2D eigenvalue weighted by Gasteiger charge is -2.28. The number of ketones is 1. The van der Waals surface area contributed by atoms with Crippen molar-refractivity contribution in [3.8, 4) is 17.2 Å². The molecule has 0 radical (unpaired) electrons. The number of aliphatic hydroxyl groups excluding tert-OH is 1. The summed E-state index contributed by atoms with van der Waals surface area (Å²) in [6, 6.07) is 13.6. The molecule has 1 aliphatic heterocycles. The summed E-state index contributed by atoms with van der Waals surface area (Å²) < 4.78 is 16.4. The second-order valence-electron chi connectivity index (χ2n) is 8.55. The number of benzene rings is 2. The number of thiophene rings is 1. The molecule has 2 aromatic heterocycles. The largest absolute Gasteiger partial charge is 0.503 e. The number of hydrogen-bond acceptors (Lipinski definition) is 7. The first-order valence-corrected chi connectivity index (χ1v) is 12.5. The summed E-state index contributed by atoms with van der Waals surface area (Å²) in [4.78, 5) is 32.2. The van der Waals surface area contributed by atoms with Crippen molar-refractivity contribution in [2.45, 2.75) is 12.5 Å². The van der Waals surface area contributed by atoms with E-state index in [4.69, 9.17) is 14.2 Å². The van der Waals surface area contributed by atoms with Crippen molar-refractivity contribution in [1.29, 1.82) is 0 Å². The third kappa shape index (κ3) is 4.31. The average molecular weight is 519 g/mol. The Hall–Kier alpha value is -4.24. The van der Waals surface area contributed by atoms with Gasteiger partial charge in [0, 0.05) is 29.2 Å². The van der Waals surface area contributed by atoms with Gasteiger partial charge in [0.1, 0.15) is 17.2 Å². The average Bonchev–Trinajstić information content (AvgIpc) is 3.66. The fourth-order valence-corrected chi connectivity index (χ4v) is 5.44. The SMILES string of the molecule is COc1ccc(OC)c([C@H]2C(C(=O)c3cccs3)=C(O)C(=O)N2CCc2c[nH]c3ccc(OC)cc23)c1. The molecule has 2 N–H and O–H groups in total. The quantitative estimate of drug-likeness (QED) is 0.300. The van der Waals surface area contributed by atoms with Crippen LogP contribution in [0.15, 0.2) is 71.4 Å². The predicted octanol–water partition coefficient (Wildman–Crippen LogP) is 5.08. The number of aliphatic hydroxyl groups is 1. The topological polar surface area (TPSA) is 101 Å². The van der Waals surface area contributed by atoms with Gasteiger partial charge in [0.2, 0.25) is 5.78 Å². The van der Waals surface area contributed by atoms with E-state index in [0.29, 0.717) is 28.4 Å². The fraction of sp³-hybridized carbons (Fsp3) is 0.214. The second-order valence-corrected chi connectivity index (χ2v) is 9.50. The monoisotopic (exact) mass is 518 g/mol. The maximum absolute atomic E-state index is 13.5. The molecule has 0 bridgehead atoms. The number of Topliss-reactive ketones (excluding diaryl/α,β-unsaturated/α-hetero) is 1. The van der Waals surface area contributed by atoms with Crippen LogP contribution in [0.1, 0.15) is 26.8 Å². The summed E-state index contributed by atoms with van der Waals surface area (Å²) in [7, 11) is 4.68. The number of H-pyrrole nitrogens is 1. The summed E-state index contributed by atoms with van der Waals surface area (Å²) in [5.74, 6) is 0.205. The molecule has 1 aliphatic rings. The van der Waals surface area contributed by atoms with Crippen LogP contribution in [0.5, 0.6) is 17.2 Å². The van der Waals surface area contributed by atoms with E-state index >= 15 is 0 Å². The summed E-state index contributed by atoms with van der Waals surface area (Å²) in [6.07, 6.45) is 2.38. The molecule has 1 amide bonds. The van der Waals surface area contributed by atoms with E-state index in [0.717, 1.165) is 22.2 Å². The Bertz CT molecular complexity index is 1500. The van der Waals surface area contributed by atoms with E-state index in [1.807, 2.05) is 24.4 Å². The zero-order valence-corrected chi connectivity index (χ0v) is 21.4. The number of nitrogens with zero attached hydrogens (tertiary/aromatic N) is 1. The van der Waals surface area contributed by atoms with Gasteiger partial charge in [-0.05, 0) is 59.8 Å². The number of hydrogen-bond donors (Lipinski definition) is 2. The minimum absolute atomic E-state index is 0.0274. The number of methoxy groups -OCH3 is 3. The Morgan fingerprint density at radius 1 is 1.05 bits per heavy atom. The molecule has 1 atom stereocenters. The maximum atomic E-state index is 13.5. The van der Waals surface area contributed by atoms with Gasteiger partial charge in [-0.15, -0.1) is 11.3 Å². The molecule has 0 aliphatic carbocycles. The summed E-state index contributed by atoms with van der Waals surface area (Å²) in [5.41, 5.74) is 2.51. The molecule has 9 heteroatoms. The minimum atomic E-state index is -0.855. The summed E-state index contributed by atoms with van der Waals surface area (Å²) in [6.45, 7) is 0.249. The number of ether oxygens (including phenoxy) is 3. The van der Waals surface area contributed by atoms with Crippen molar-refractivity contribution in [3.05, 3.63) is 87.4 Å². The number of carbonyl (C=O) groups excluding carboxylic acids is 2. The van der Waals surface area contributed by atoms with Gasteiger partial charge in [0.15, 0.2) is 5.76 Å². The lowest BCUT2D eigenvalue weighted by molar-refractivity contribution is -0.129. The van der Waals surface area contributed by atoms with E-state index in [1.165, 1.54) is 23.3 Å². The van der Waals surface area contributed by atoms with Gasteiger partial charge in [0.25, 0.3) is 5.91 Å². The Labute approximate surface area is 217 Å². The van der Waals surface area contributed by atoms with Crippen LogP contribution in [0.25, 0.3) is 10.9 Å². The molecule has 0 saturated carbocycles. The van der Waals surface area contributed by atoms with Crippen LogP contribution in [0, 0.1) is 0 Å². The lowest BCUT2D eigenvalue weighted by Crippen LogP contribution is -2.33. The van der Waals surface area contributed by atoms with Gasteiger partial charge < -0.3 is 29.2 Å². The standard InChI is InChI=1S/C28H26N2O6S/c1-34-17-6-8-21-19(13-17)16(15-29-21)10-11-30-25(20-14-18(35-2)7-9-22(20)36-3)24(27(32)28(30)33)26(31)23-5-4-12-37-23/h4-9,12-15,25,29,32H,10-11H2,1-3H3/t25-/m0/s1. The highest BCUT2D eigenvalue weighted by atomic mass is 32.1. The predicted molar refractivity (Wildman–Crippen MR) is 141 cm³/mol. The second kappa shape index (κ2) is 10.0. The first-order valence-electron chi connectivity index (χ1n) is 11.6. The fourth-order valence-electron chi connectivity index (χ4n) is 4.77. The normalized spacial score (nSPS) is 15.5. The van der Waals surface area contributed by atoms with E-state index in [-0.39, 0.29) is 12.1 Å². The van der Waals surface area contributed by atoms with Crippen molar-refractivity contribution in [2.75, 3.05) is 27.9 Å². The van der Waals surface area contributed by atoms with Gasteiger partial charge in [-0.3, -0.25) is 9.59 Å². The van der Waals surface area contributed by atoms with Crippen LogP contribution < -0.4 is 14.2 Å². The highest BCUT2D eigenvalue weighted by molar-refractivity contribution is 7.12. The highest BCUT2D eigenvalue weighted by Gasteiger charge is 2.45. The number of rotatable bonds is 9. The Morgan fingerprint density at radius 3 is 2.51 bits per heavy atom. The molecular weight excluding hydrogens is 492 g/mol. The van der Waals surface area contributed by atoms with Gasteiger partial charge in [0.05, 0.1) is 37.8 Å². The van der Waals surface area contributed by atoms with E-state index in [9.17, 15) is 14.7 Å². The number of carbonyl (C=O) groups is 2. The number of amides is 1. The maximum Gasteiger partial charge on any atom is 0.290 e. The number of fused-ring (bicyclic) bond motifs is 1. The molecule has 8 nitrogen and oxygen atoms in total. The van der Waals surface area contributed by atoms with E-state index in [2.05, 4.69) is 4.98 Å². The first-order chi connectivity index (χ1) is 18.0. The lowest BCUT2D eigenvalue weighted by atomic mass is 9.94. The van der Waals surface area contributed by atoms with Crippen LogP contribution in [0.4, 0.5) is 0 Å². The van der Waals surface area contributed by atoms with Crippen molar-refractivity contribution in [1.82, 2.24) is 9.88 Å². The zero-order valence-electron chi connectivity index (χ0n) is 20.6. The molecule has 5 rings (SSSR count). The summed E-state index contributed by atoms with van der Waals surface area (Å²) in [5, 5.41) is 13.8. The van der Waals surface area contributed by atoms with Gasteiger partial charge in [-0.2, -0.15) is 0 Å². The van der Waals surface area contributed by atoms with Crippen LogP contribution in [-0.2, 0) is 11.2 Å². The molecule has 0 spiro atoms. The zero-order chi connectivity index (χ0) is 26.1. The molecule has 0 fully saturated rings. The Balaban J connectivity index is 1.57. The van der Waals surface area contributed by atoms with E-state index < -0.39 is 23.5 Å². The van der Waals surface area contributed by atoms with Crippen LogP contribution in [0.3, 0.4) is 0 Å². The van der Waals surface area contributed by atoms with Gasteiger partial charge >= 0.3 is 0 Å². The van der Waals surface area contributed by atoms with Crippen molar-refractivity contribution < 1.29 is 28.9 Å². The first kappa shape index (κ1) is 24.5. The van der Waals surface area contributed by atoms with Crippen LogP contribution in [0.2, 0.25) is 0 Å². The molecule has 0 saturated heterocycles.